The number of aromatic amines is 3. The fourth-order valence-corrected chi connectivity index (χ4v) is 1.86. The van der Waals surface area contributed by atoms with Crippen LogP contribution in [-0.4, -0.2) is 44.9 Å². The molecule has 0 radical (unpaired) electrons. The SMILES string of the molecule is c1c[nH]c(-c2nc(-c3ncc[nH]3)nc(-c3ncc[nH]3)n2)n1. The molecule has 0 aliphatic carbocycles. The van der Waals surface area contributed by atoms with E-state index >= 15 is 0 Å². The van der Waals surface area contributed by atoms with Gasteiger partial charge in [-0.2, -0.15) is 0 Å². The predicted molar refractivity (Wildman–Crippen MR) is 72.6 cm³/mol. The minimum Gasteiger partial charge on any atom is -0.342 e. The van der Waals surface area contributed by atoms with Crippen molar-refractivity contribution in [2.24, 2.45) is 0 Å². The van der Waals surface area contributed by atoms with Crippen LogP contribution in [0.2, 0.25) is 0 Å². The Bertz CT molecular complexity index is 704. The van der Waals surface area contributed by atoms with Gasteiger partial charge in [-0.15, -0.1) is 0 Å². The molecule has 4 rings (SSSR count). The van der Waals surface area contributed by atoms with Crippen molar-refractivity contribution in [3.63, 3.8) is 0 Å². The van der Waals surface area contributed by atoms with Gasteiger partial charge in [-0.3, -0.25) is 0 Å². The molecule has 0 aromatic carbocycles. The second-order valence-corrected chi connectivity index (χ2v) is 4.12. The number of nitrogens with one attached hydrogen (secondary N) is 3. The Morgan fingerprint density at radius 3 is 1.10 bits per heavy atom. The third-order valence-corrected chi connectivity index (χ3v) is 2.77. The van der Waals surface area contributed by atoms with Crippen molar-refractivity contribution in [2.75, 3.05) is 0 Å². The summed E-state index contributed by atoms with van der Waals surface area (Å²) >= 11 is 0. The molecular weight excluding hydrogens is 270 g/mol. The largest absolute Gasteiger partial charge is 0.342 e. The first-order valence-corrected chi connectivity index (χ1v) is 6.15. The lowest BCUT2D eigenvalue weighted by atomic mass is 10.4. The van der Waals surface area contributed by atoms with Crippen molar-refractivity contribution in [2.45, 2.75) is 0 Å². The van der Waals surface area contributed by atoms with E-state index in [9.17, 15) is 0 Å². The van der Waals surface area contributed by atoms with Crippen LogP contribution in [0.5, 0.6) is 0 Å². The van der Waals surface area contributed by atoms with Gasteiger partial charge >= 0.3 is 0 Å². The molecule has 102 valence electrons. The van der Waals surface area contributed by atoms with Crippen molar-refractivity contribution in [1.29, 1.82) is 0 Å². The monoisotopic (exact) mass is 279 g/mol. The summed E-state index contributed by atoms with van der Waals surface area (Å²) in [6, 6.07) is 0. The predicted octanol–water partition coefficient (Wildman–Crippen LogP) is 1.04. The van der Waals surface area contributed by atoms with Gasteiger partial charge in [0.2, 0.25) is 0 Å². The van der Waals surface area contributed by atoms with Gasteiger partial charge in [0, 0.05) is 37.2 Å². The molecule has 0 saturated carbocycles. The van der Waals surface area contributed by atoms with Crippen molar-refractivity contribution in [1.82, 2.24) is 44.9 Å². The van der Waals surface area contributed by atoms with Crippen molar-refractivity contribution in [3.8, 4) is 34.9 Å². The van der Waals surface area contributed by atoms with Crippen LogP contribution in [0.3, 0.4) is 0 Å². The summed E-state index contributed by atoms with van der Waals surface area (Å²) in [5, 5.41) is 0. The summed E-state index contributed by atoms with van der Waals surface area (Å²) in [7, 11) is 0. The summed E-state index contributed by atoms with van der Waals surface area (Å²) in [4.78, 5) is 34.5. The minimum atomic E-state index is 0.424. The Balaban J connectivity index is 1.92. The standard InChI is InChI=1S/C12H9N9/c1-2-14-7(13-1)10-19-11(8-15-3-4-16-8)21-12(20-10)9-17-5-6-18-9/h1-6H,(H,13,14)(H,15,16)(H,17,18). The molecule has 21 heavy (non-hydrogen) atoms. The second-order valence-electron chi connectivity index (χ2n) is 4.12. The summed E-state index contributed by atoms with van der Waals surface area (Å²) in [5.41, 5.74) is 0. The van der Waals surface area contributed by atoms with E-state index in [1.807, 2.05) is 0 Å². The number of imidazole rings is 3. The quantitative estimate of drug-likeness (QED) is 0.514. The van der Waals surface area contributed by atoms with E-state index in [0.29, 0.717) is 34.9 Å². The lowest BCUT2D eigenvalue weighted by Crippen LogP contribution is -2.02. The molecule has 4 aromatic rings. The summed E-state index contributed by atoms with van der Waals surface area (Å²) < 4.78 is 0. The fourth-order valence-electron chi connectivity index (χ4n) is 1.86. The zero-order valence-electron chi connectivity index (χ0n) is 10.6. The van der Waals surface area contributed by atoms with Crippen LogP contribution in [-0.2, 0) is 0 Å². The molecule has 0 amide bonds. The van der Waals surface area contributed by atoms with Gasteiger partial charge in [-0.25, -0.2) is 29.9 Å². The topological polar surface area (TPSA) is 125 Å². The third kappa shape index (κ3) is 2.06. The first-order valence-electron chi connectivity index (χ1n) is 6.15. The highest BCUT2D eigenvalue weighted by molar-refractivity contribution is 5.56. The molecule has 9 heteroatoms. The maximum Gasteiger partial charge on any atom is 0.200 e. The molecule has 3 N–H and O–H groups in total. The highest BCUT2D eigenvalue weighted by atomic mass is 15.1. The highest BCUT2D eigenvalue weighted by Crippen LogP contribution is 2.18. The van der Waals surface area contributed by atoms with Crippen LogP contribution in [0.4, 0.5) is 0 Å². The van der Waals surface area contributed by atoms with Gasteiger partial charge in [0.05, 0.1) is 0 Å². The molecule has 0 aliphatic rings. The van der Waals surface area contributed by atoms with Gasteiger partial charge in [0.15, 0.2) is 34.9 Å². The molecule has 4 heterocycles. The number of hydrogen-bond donors (Lipinski definition) is 3. The average Bonchev–Trinajstić information content (AvgIpc) is 3.29. The lowest BCUT2D eigenvalue weighted by Gasteiger charge is -2.02. The molecule has 4 aromatic heterocycles. The normalized spacial score (nSPS) is 10.9. The van der Waals surface area contributed by atoms with Gasteiger partial charge in [-0.05, 0) is 0 Å². The molecule has 0 spiro atoms. The van der Waals surface area contributed by atoms with E-state index in [1.54, 1.807) is 37.2 Å². The zero-order valence-corrected chi connectivity index (χ0v) is 10.6. The molecule has 0 aliphatic heterocycles. The molecular formula is C12H9N9. The van der Waals surface area contributed by atoms with Crippen LogP contribution in [0, 0.1) is 0 Å². The summed E-state index contributed by atoms with van der Waals surface area (Å²) in [6.07, 6.45) is 10.0. The van der Waals surface area contributed by atoms with Gasteiger partial charge < -0.3 is 15.0 Å². The van der Waals surface area contributed by atoms with Crippen LogP contribution < -0.4 is 0 Å². The first-order chi connectivity index (χ1) is 10.4. The Kier molecular flexibility index (Phi) is 2.53. The second kappa shape index (κ2) is 4.63. The molecule has 0 unspecified atom stereocenters. The minimum absolute atomic E-state index is 0.424. The maximum atomic E-state index is 4.38. The average molecular weight is 279 g/mol. The van der Waals surface area contributed by atoms with Crippen LogP contribution in [0.25, 0.3) is 34.9 Å². The van der Waals surface area contributed by atoms with Gasteiger partial charge in [0.25, 0.3) is 0 Å². The number of rotatable bonds is 3. The van der Waals surface area contributed by atoms with Crippen molar-refractivity contribution >= 4 is 0 Å². The summed E-state index contributed by atoms with van der Waals surface area (Å²) in [5.74, 6) is 2.93. The summed E-state index contributed by atoms with van der Waals surface area (Å²) in [6.45, 7) is 0. The molecule has 0 bridgehead atoms. The molecule has 9 nitrogen and oxygen atoms in total. The Hall–Kier alpha value is -3.36. The highest BCUT2D eigenvalue weighted by Gasteiger charge is 2.15. The van der Waals surface area contributed by atoms with E-state index in [-0.39, 0.29) is 0 Å². The number of H-pyrrole nitrogens is 3. The maximum absolute atomic E-state index is 4.38. The van der Waals surface area contributed by atoms with E-state index in [1.165, 1.54) is 0 Å². The van der Waals surface area contributed by atoms with Crippen LogP contribution in [0.15, 0.2) is 37.2 Å². The third-order valence-electron chi connectivity index (χ3n) is 2.77. The van der Waals surface area contributed by atoms with E-state index in [0.717, 1.165) is 0 Å². The Morgan fingerprint density at radius 1 is 0.524 bits per heavy atom. The zero-order chi connectivity index (χ0) is 14.1. The van der Waals surface area contributed by atoms with E-state index in [2.05, 4.69) is 44.9 Å². The number of nitrogens with zero attached hydrogens (tertiary/aromatic N) is 6. The first kappa shape index (κ1) is 11.5. The number of hydrogen-bond acceptors (Lipinski definition) is 6. The van der Waals surface area contributed by atoms with E-state index < -0.39 is 0 Å². The van der Waals surface area contributed by atoms with Gasteiger partial charge in [-0.1, -0.05) is 0 Å². The molecule has 0 fully saturated rings. The fraction of sp³-hybridized carbons (Fsp3) is 0. The van der Waals surface area contributed by atoms with Crippen molar-refractivity contribution in [3.05, 3.63) is 37.2 Å². The van der Waals surface area contributed by atoms with Gasteiger partial charge in [0.1, 0.15) is 0 Å². The van der Waals surface area contributed by atoms with Crippen molar-refractivity contribution < 1.29 is 0 Å². The lowest BCUT2D eigenvalue weighted by molar-refractivity contribution is 1.01. The van der Waals surface area contributed by atoms with Crippen LogP contribution >= 0.6 is 0 Å². The number of aromatic nitrogens is 9. The van der Waals surface area contributed by atoms with E-state index in [4.69, 9.17) is 0 Å². The molecule has 0 atom stereocenters. The Morgan fingerprint density at radius 2 is 0.857 bits per heavy atom. The van der Waals surface area contributed by atoms with Crippen LogP contribution in [0.1, 0.15) is 0 Å². The smallest absolute Gasteiger partial charge is 0.200 e. The Labute approximate surface area is 118 Å². The molecule has 0 saturated heterocycles.